The molecule has 0 spiro atoms. The van der Waals surface area contributed by atoms with Crippen molar-refractivity contribution in [1.29, 1.82) is 0 Å². The summed E-state index contributed by atoms with van der Waals surface area (Å²) in [6.45, 7) is -0.430. The van der Waals surface area contributed by atoms with Gasteiger partial charge in [-0.3, -0.25) is 4.68 Å². The van der Waals surface area contributed by atoms with Crippen LogP contribution in [0.4, 0.5) is 8.78 Å². The van der Waals surface area contributed by atoms with Gasteiger partial charge in [0.1, 0.15) is 0 Å². The molecule has 4 nitrogen and oxygen atoms in total. The van der Waals surface area contributed by atoms with Crippen molar-refractivity contribution in [3.05, 3.63) is 41.7 Å². The fraction of sp³-hybridized carbons (Fsp3) is 0.182. The van der Waals surface area contributed by atoms with Crippen molar-refractivity contribution in [1.82, 2.24) is 9.78 Å². The van der Waals surface area contributed by atoms with Gasteiger partial charge in [-0.2, -0.15) is 5.10 Å². The van der Waals surface area contributed by atoms with Gasteiger partial charge < -0.3 is 9.84 Å². The average Bonchev–Trinajstić information content (AvgIpc) is 2.69. The summed E-state index contributed by atoms with van der Waals surface area (Å²) in [5.74, 6) is -1.99. The number of hydrogen-bond donors (Lipinski definition) is 1. The largest absolute Gasteiger partial charge is 0.448 e. The molecule has 0 saturated carbocycles. The molecule has 1 N–H and O–H groups in total. The highest BCUT2D eigenvalue weighted by Crippen LogP contribution is 2.28. The molecule has 90 valence electrons. The van der Waals surface area contributed by atoms with Crippen LogP contribution >= 0.6 is 0 Å². The van der Waals surface area contributed by atoms with Gasteiger partial charge in [-0.1, -0.05) is 0 Å². The smallest absolute Gasteiger partial charge is 0.198 e. The minimum Gasteiger partial charge on any atom is -0.448 e. The number of hydrogen-bond acceptors (Lipinski definition) is 3. The van der Waals surface area contributed by atoms with Gasteiger partial charge in [0.25, 0.3) is 0 Å². The van der Waals surface area contributed by atoms with E-state index in [4.69, 9.17) is 9.84 Å². The lowest BCUT2D eigenvalue weighted by atomic mass is 10.2. The molecule has 2 rings (SSSR count). The summed E-state index contributed by atoms with van der Waals surface area (Å²) >= 11 is 0. The number of benzene rings is 1. The van der Waals surface area contributed by atoms with E-state index in [0.717, 1.165) is 12.1 Å². The third kappa shape index (κ3) is 2.42. The Labute approximate surface area is 96.1 Å². The highest BCUT2D eigenvalue weighted by atomic mass is 19.1. The number of rotatable bonds is 3. The van der Waals surface area contributed by atoms with Gasteiger partial charge in [0.05, 0.1) is 19.0 Å². The van der Waals surface area contributed by atoms with Crippen molar-refractivity contribution >= 4 is 0 Å². The predicted molar refractivity (Wildman–Crippen MR) is 55.6 cm³/mol. The zero-order chi connectivity index (χ0) is 12.4. The summed E-state index contributed by atoms with van der Waals surface area (Å²) in [5.41, 5.74) is 0.151. The Morgan fingerprint density at radius 3 is 2.47 bits per heavy atom. The molecule has 0 aliphatic heterocycles. The molecule has 1 aromatic carbocycles. The average molecular weight is 240 g/mol. The van der Waals surface area contributed by atoms with Crippen LogP contribution in [-0.4, -0.2) is 14.9 Å². The van der Waals surface area contributed by atoms with E-state index in [1.54, 1.807) is 7.05 Å². The molecule has 0 unspecified atom stereocenters. The van der Waals surface area contributed by atoms with Crippen LogP contribution in [0, 0.1) is 11.6 Å². The highest BCUT2D eigenvalue weighted by molar-refractivity contribution is 5.34. The molecular weight excluding hydrogens is 230 g/mol. The van der Waals surface area contributed by atoms with Gasteiger partial charge in [-0.15, -0.1) is 0 Å². The topological polar surface area (TPSA) is 47.3 Å². The summed E-state index contributed by atoms with van der Waals surface area (Å²) < 4.78 is 33.5. The molecule has 0 bridgehead atoms. The van der Waals surface area contributed by atoms with Gasteiger partial charge in [0.15, 0.2) is 23.1 Å². The number of ether oxygens (including phenoxy) is 1. The molecule has 0 aliphatic carbocycles. The summed E-state index contributed by atoms with van der Waals surface area (Å²) in [7, 11) is 1.66. The fourth-order valence-corrected chi connectivity index (χ4v) is 1.37. The van der Waals surface area contributed by atoms with Crippen LogP contribution in [0.2, 0.25) is 0 Å². The number of aliphatic hydroxyl groups is 1. The van der Waals surface area contributed by atoms with Gasteiger partial charge in [0.2, 0.25) is 0 Å². The maximum atomic E-state index is 13.5. The van der Waals surface area contributed by atoms with Gasteiger partial charge in [-0.25, -0.2) is 8.78 Å². The molecule has 0 saturated heterocycles. The van der Waals surface area contributed by atoms with Crippen LogP contribution in [0.15, 0.2) is 24.5 Å². The first-order chi connectivity index (χ1) is 8.10. The minimum atomic E-state index is -0.863. The Balaban J connectivity index is 2.33. The lowest BCUT2D eigenvalue weighted by Gasteiger charge is -2.07. The summed E-state index contributed by atoms with van der Waals surface area (Å²) in [4.78, 5) is 0. The van der Waals surface area contributed by atoms with Crippen molar-refractivity contribution < 1.29 is 18.6 Å². The monoisotopic (exact) mass is 240 g/mol. The van der Waals surface area contributed by atoms with Crippen LogP contribution in [0.1, 0.15) is 5.56 Å². The summed E-state index contributed by atoms with van der Waals surface area (Å²) in [6.07, 6.45) is 2.83. The molecule has 0 amide bonds. The van der Waals surface area contributed by atoms with Crippen LogP contribution in [0.25, 0.3) is 0 Å². The first-order valence-electron chi connectivity index (χ1n) is 4.85. The van der Waals surface area contributed by atoms with E-state index < -0.39 is 24.0 Å². The Morgan fingerprint density at radius 1 is 1.35 bits per heavy atom. The lowest BCUT2D eigenvalue weighted by molar-refractivity contribution is 0.279. The molecule has 2 aromatic rings. The number of aromatic nitrogens is 2. The summed E-state index contributed by atoms with van der Waals surface area (Å²) in [5, 5.41) is 12.6. The van der Waals surface area contributed by atoms with Crippen LogP contribution < -0.4 is 4.74 Å². The number of aryl methyl sites for hydroxylation is 1. The normalized spacial score (nSPS) is 10.6. The molecule has 1 aromatic heterocycles. The van der Waals surface area contributed by atoms with E-state index in [9.17, 15) is 8.78 Å². The fourth-order valence-electron chi connectivity index (χ4n) is 1.37. The molecule has 1 heterocycles. The second-order valence-electron chi connectivity index (χ2n) is 3.50. The molecule has 6 heteroatoms. The Morgan fingerprint density at radius 2 is 2.00 bits per heavy atom. The summed E-state index contributed by atoms with van der Waals surface area (Å²) in [6, 6.07) is 2.05. The van der Waals surface area contributed by atoms with Crippen molar-refractivity contribution in [2.75, 3.05) is 0 Å². The first kappa shape index (κ1) is 11.5. The van der Waals surface area contributed by atoms with Crippen LogP contribution in [0.5, 0.6) is 11.5 Å². The van der Waals surface area contributed by atoms with Gasteiger partial charge >= 0.3 is 0 Å². The second kappa shape index (κ2) is 4.50. The zero-order valence-corrected chi connectivity index (χ0v) is 9.02. The van der Waals surface area contributed by atoms with Crippen molar-refractivity contribution in [2.24, 2.45) is 7.05 Å². The van der Waals surface area contributed by atoms with E-state index in [1.165, 1.54) is 17.1 Å². The van der Waals surface area contributed by atoms with Crippen LogP contribution in [0.3, 0.4) is 0 Å². The Kier molecular flexibility index (Phi) is 3.06. The molecule has 0 aliphatic rings. The SMILES string of the molecule is Cn1cc(Oc2c(F)cc(CO)cc2F)cn1. The second-order valence-corrected chi connectivity index (χ2v) is 3.50. The molecule has 17 heavy (non-hydrogen) atoms. The third-order valence-corrected chi connectivity index (χ3v) is 2.14. The van der Waals surface area contributed by atoms with Crippen molar-refractivity contribution in [2.45, 2.75) is 6.61 Å². The highest BCUT2D eigenvalue weighted by Gasteiger charge is 2.14. The van der Waals surface area contributed by atoms with Crippen molar-refractivity contribution in [3.63, 3.8) is 0 Å². The first-order valence-corrected chi connectivity index (χ1v) is 4.85. The van der Waals surface area contributed by atoms with E-state index in [0.29, 0.717) is 0 Å². The zero-order valence-electron chi connectivity index (χ0n) is 9.02. The van der Waals surface area contributed by atoms with E-state index in [2.05, 4.69) is 5.10 Å². The molecular formula is C11H10F2N2O2. The predicted octanol–water partition coefficient (Wildman–Crippen LogP) is 1.98. The van der Waals surface area contributed by atoms with E-state index >= 15 is 0 Å². The van der Waals surface area contributed by atoms with Gasteiger partial charge in [0, 0.05) is 7.05 Å². The lowest BCUT2D eigenvalue weighted by Crippen LogP contribution is -1.95. The quantitative estimate of drug-likeness (QED) is 0.892. The maximum Gasteiger partial charge on any atom is 0.198 e. The van der Waals surface area contributed by atoms with Crippen molar-refractivity contribution in [3.8, 4) is 11.5 Å². The van der Waals surface area contributed by atoms with E-state index in [1.807, 2.05) is 0 Å². The third-order valence-electron chi connectivity index (χ3n) is 2.14. The standard InChI is InChI=1S/C11H10F2N2O2/c1-15-5-8(4-14-15)17-11-9(12)2-7(6-16)3-10(11)13/h2-5,16H,6H2,1H3. The van der Waals surface area contributed by atoms with Gasteiger partial charge in [-0.05, 0) is 17.7 Å². The van der Waals surface area contributed by atoms with Crippen LogP contribution in [-0.2, 0) is 13.7 Å². The number of nitrogens with zero attached hydrogens (tertiary/aromatic N) is 2. The van der Waals surface area contributed by atoms with E-state index in [-0.39, 0.29) is 11.3 Å². The molecule has 0 atom stereocenters. The number of halogens is 2. The molecule has 0 fully saturated rings. The minimum absolute atomic E-state index is 0.151. The Bertz CT molecular complexity index is 517. The number of aliphatic hydroxyl groups excluding tert-OH is 1. The Hall–Kier alpha value is -1.95. The molecule has 0 radical (unpaired) electrons. The maximum absolute atomic E-state index is 13.5.